The van der Waals surface area contributed by atoms with Crippen LogP contribution in [0.4, 0.5) is 13.2 Å². The van der Waals surface area contributed by atoms with Gasteiger partial charge in [-0.05, 0) is 68.5 Å². The smallest absolute Gasteiger partial charge is 0.399 e. The molecule has 1 N–H and O–H groups in total. The maximum absolute atomic E-state index is 13.1. The Morgan fingerprint density at radius 2 is 1.92 bits per heavy atom. The topological polar surface area (TPSA) is 67.4 Å². The SMILES string of the molecule is COc1cccc2[nH]c(CCCN(C)CC[C@@]3(OC(=O)CC(F)(F)F)C[C@@H]4CCC[C@H]3c3ccccc34)nc12. The molecule has 0 saturated heterocycles. The van der Waals surface area contributed by atoms with Gasteiger partial charge in [0.2, 0.25) is 0 Å². The number of nitrogens with one attached hydrogen (secondary N) is 1. The lowest BCUT2D eigenvalue weighted by Crippen LogP contribution is -2.47. The molecular formula is C30H36F3N3O3. The number of nitrogens with zero attached hydrogens (tertiary/aromatic N) is 2. The minimum absolute atomic E-state index is 0.0939. The van der Waals surface area contributed by atoms with E-state index in [1.165, 1.54) is 5.56 Å². The van der Waals surface area contributed by atoms with Crippen LogP contribution in [0.15, 0.2) is 42.5 Å². The van der Waals surface area contributed by atoms with E-state index in [4.69, 9.17) is 9.47 Å². The van der Waals surface area contributed by atoms with E-state index in [-0.39, 0.29) is 11.8 Å². The molecule has 3 aliphatic carbocycles. The predicted molar refractivity (Wildman–Crippen MR) is 143 cm³/mol. The molecule has 0 unspecified atom stereocenters. The third-order valence-electron chi connectivity index (χ3n) is 8.36. The number of carbonyl (C=O) groups is 1. The fraction of sp³-hybridized carbons (Fsp3) is 0.533. The van der Waals surface area contributed by atoms with Crippen molar-refractivity contribution in [2.75, 3.05) is 27.2 Å². The van der Waals surface area contributed by atoms with E-state index in [0.717, 1.165) is 66.8 Å². The molecule has 1 aromatic heterocycles. The molecule has 6 rings (SSSR count). The van der Waals surface area contributed by atoms with Crippen molar-refractivity contribution in [1.29, 1.82) is 0 Å². The van der Waals surface area contributed by atoms with Crippen LogP contribution in [0, 0.1) is 0 Å². The number of hydrogen-bond donors (Lipinski definition) is 1. The van der Waals surface area contributed by atoms with Crippen molar-refractivity contribution in [2.45, 2.75) is 75.0 Å². The van der Waals surface area contributed by atoms with Gasteiger partial charge in [0.1, 0.15) is 29.1 Å². The first-order valence-electron chi connectivity index (χ1n) is 13.7. The van der Waals surface area contributed by atoms with Crippen molar-refractivity contribution < 1.29 is 27.4 Å². The number of esters is 1. The number of imidazole rings is 1. The van der Waals surface area contributed by atoms with E-state index in [2.05, 4.69) is 27.0 Å². The van der Waals surface area contributed by atoms with Crippen molar-refractivity contribution in [2.24, 2.45) is 0 Å². The van der Waals surface area contributed by atoms with Crippen LogP contribution in [0.2, 0.25) is 0 Å². The summed E-state index contributed by atoms with van der Waals surface area (Å²) in [4.78, 5) is 22.8. The summed E-state index contributed by atoms with van der Waals surface area (Å²) in [5, 5.41) is 0. The lowest BCUT2D eigenvalue weighted by molar-refractivity contribution is -0.188. The maximum Gasteiger partial charge on any atom is 0.399 e. The van der Waals surface area contributed by atoms with Crippen molar-refractivity contribution in [3.8, 4) is 5.75 Å². The van der Waals surface area contributed by atoms with Gasteiger partial charge in [0, 0.05) is 25.3 Å². The Kier molecular flexibility index (Phi) is 7.89. The number of para-hydroxylation sites is 1. The number of benzene rings is 2. The second kappa shape index (κ2) is 11.2. The summed E-state index contributed by atoms with van der Waals surface area (Å²) in [7, 11) is 3.64. The summed E-state index contributed by atoms with van der Waals surface area (Å²) in [6, 6.07) is 14.0. The number of hydrogen-bond acceptors (Lipinski definition) is 5. The summed E-state index contributed by atoms with van der Waals surface area (Å²) < 4.78 is 50.5. The fourth-order valence-electron chi connectivity index (χ4n) is 6.61. The number of rotatable bonds is 10. The molecule has 3 aromatic rings. The van der Waals surface area contributed by atoms with E-state index < -0.39 is 24.2 Å². The molecule has 0 radical (unpaired) electrons. The van der Waals surface area contributed by atoms with Crippen LogP contribution in [-0.4, -0.2) is 59.9 Å². The molecule has 0 spiro atoms. The van der Waals surface area contributed by atoms with Gasteiger partial charge in [-0.2, -0.15) is 13.2 Å². The molecule has 0 aliphatic heterocycles. The Morgan fingerprint density at radius 1 is 1.13 bits per heavy atom. The first-order valence-corrected chi connectivity index (χ1v) is 13.7. The Balaban J connectivity index is 1.26. The van der Waals surface area contributed by atoms with Gasteiger partial charge in [0.15, 0.2) is 0 Å². The van der Waals surface area contributed by atoms with E-state index >= 15 is 0 Å². The maximum atomic E-state index is 13.1. The van der Waals surface area contributed by atoms with Gasteiger partial charge in [0.05, 0.1) is 12.6 Å². The molecule has 1 fully saturated rings. The molecule has 1 saturated carbocycles. The molecule has 9 heteroatoms. The van der Waals surface area contributed by atoms with Gasteiger partial charge < -0.3 is 19.4 Å². The number of aryl methyl sites for hydroxylation is 1. The standard InChI is InChI=1S/C30H36F3N3O3/c1-36(16-7-14-26-34-24-12-6-13-25(38-2)28(24)35-26)17-15-29(39-27(37)19-30(31,32)33)18-20-8-5-11-23(29)22-10-4-3-9-21(20)22/h3-4,6,9-10,12-13,20,23H,5,7-8,11,14-19H2,1-2H3,(H,34,35)/t20-,23-,29+/m0/s1. The summed E-state index contributed by atoms with van der Waals surface area (Å²) in [6.45, 7) is 1.41. The molecule has 2 aromatic carbocycles. The van der Waals surface area contributed by atoms with Crippen molar-refractivity contribution in [3.05, 3.63) is 59.4 Å². The average molecular weight is 544 g/mol. The van der Waals surface area contributed by atoms with Crippen LogP contribution in [-0.2, 0) is 16.0 Å². The number of halogens is 3. The van der Waals surface area contributed by atoms with Crippen molar-refractivity contribution >= 4 is 17.0 Å². The van der Waals surface area contributed by atoms with Gasteiger partial charge >= 0.3 is 12.1 Å². The van der Waals surface area contributed by atoms with Gasteiger partial charge in [0.25, 0.3) is 0 Å². The molecule has 210 valence electrons. The van der Waals surface area contributed by atoms with Crippen LogP contribution < -0.4 is 4.74 Å². The van der Waals surface area contributed by atoms with Crippen LogP contribution in [0.5, 0.6) is 5.75 Å². The quantitative estimate of drug-likeness (QED) is 0.295. The largest absolute Gasteiger partial charge is 0.494 e. The normalized spacial score (nSPS) is 22.6. The third kappa shape index (κ3) is 6.08. The molecule has 39 heavy (non-hydrogen) atoms. The van der Waals surface area contributed by atoms with Gasteiger partial charge in [-0.1, -0.05) is 36.8 Å². The summed E-state index contributed by atoms with van der Waals surface area (Å²) >= 11 is 0. The zero-order valence-electron chi connectivity index (χ0n) is 22.5. The number of ether oxygens (including phenoxy) is 2. The minimum Gasteiger partial charge on any atom is -0.494 e. The van der Waals surface area contributed by atoms with Gasteiger partial charge in [-0.3, -0.25) is 4.79 Å². The second-order valence-corrected chi connectivity index (χ2v) is 11.0. The van der Waals surface area contributed by atoms with Crippen LogP contribution in [0.3, 0.4) is 0 Å². The number of H-pyrrole nitrogens is 1. The van der Waals surface area contributed by atoms with Crippen molar-refractivity contribution in [3.63, 3.8) is 0 Å². The summed E-state index contributed by atoms with van der Waals surface area (Å²) in [6.07, 6.45) is -0.696. The number of alkyl halides is 3. The first kappa shape index (κ1) is 27.5. The van der Waals surface area contributed by atoms with Gasteiger partial charge in [-0.15, -0.1) is 0 Å². The zero-order chi connectivity index (χ0) is 27.6. The highest BCUT2D eigenvalue weighted by Crippen LogP contribution is 2.55. The lowest BCUT2D eigenvalue weighted by atomic mass is 9.67. The monoisotopic (exact) mass is 543 g/mol. The first-order chi connectivity index (χ1) is 18.7. The molecule has 3 aliphatic rings. The predicted octanol–water partition coefficient (Wildman–Crippen LogP) is 6.52. The Morgan fingerprint density at radius 3 is 2.69 bits per heavy atom. The number of aromatic nitrogens is 2. The molecule has 2 bridgehead atoms. The number of carbonyl (C=O) groups excluding carboxylic acids is 1. The summed E-state index contributed by atoms with van der Waals surface area (Å²) in [5.74, 6) is 0.544. The van der Waals surface area contributed by atoms with E-state index in [1.807, 2.05) is 37.4 Å². The molecule has 1 heterocycles. The number of fused-ring (bicyclic) bond motifs is 4. The Labute approximate surface area is 226 Å². The highest BCUT2D eigenvalue weighted by atomic mass is 19.4. The fourth-order valence-corrected chi connectivity index (χ4v) is 6.61. The van der Waals surface area contributed by atoms with Crippen LogP contribution >= 0.6 is 0 Å². The molecule has 0 amide bonds. The van der Waals surface area contributed by atoms with Crippen LogP contribution in [0.25, 0.3) is 11.0 Å². The Bertz CT molecular complexity index is 1310. The van der Waals surface area contributed by atoms with Crippen molar-refractivity contribution in [1.82, 2.24) is 14.9 Å². The van der Waals surface area contributed by atoms with E-state index in [0.29, 0.717) is 19.4 Å². The van der Waals surface area contributed by atoms with E-state index in [1.54, 1.807) is 7.11 Å². The minimum atomic E-state index is -4.59. The molecule has 6 nitrogen and oxygen atoms in total. The highest BCUT2D eigenvalue weighted by molar-refractivity contribution is 5.81. The molecule has 3 atom stereocenters. The Hall–Kier alpha value is -3.07. The summed E-state index contributed by atoms with van der Waals surface area (Å²) in [5.41, 5.74) is 3.22. The number of methoxy groups -OCH3 is 1. The lowest BCUT2D eigenvalue weighted by Gasteiger charge is -2.46. The van der Waals surface area contributed by atoms with E-state index in [9.17, 15) is 18.0 Å². The van der Waals surface area contributed by atoms with Crippen LogP contribution in [0.1, 0.15) is 73.7 Å². The molecular weight excluding hydrogens is 507 g/mol. The number of aromatic amines is 1. The highest BCUT2D eigenvalue weighted by Gasteiger charge is 2.51. The average Bonchev–Trinajstić information content (AvgIpc) is 3.11. The second-order valence-electron chi connectivity index (χ2n) is 11.0. The third-order valence-corrected chi connectivity index (χ3v) is 8.36. The van der Waals surface area contributed by atoms with Gasteiger partial charge in [-0.25, -0.2) is 4.98 Å². The zero-order valence-corrected chi connectivity index (χ0v) is 22.5.